The van der Waals surface area contributed by atoms with Gasteiger partial charge in [0, 0.05) is 18.0 Å². The first-order chi connectivity index (χ1) is 8.83. The van der Waals surface area contributed by atoms with E-state index in [4.69, 9.17) is 0 Å². The summed E-state index contributed by atoms with van der Waals surface area (Å²) in [6.45, 7) is 8.32. The van der Waals surface area contributed by atoms with Gasteiger partial charge < -0.3 is 5.32 Å². The second kappa shape index (κ2) is 5.20. The molecular formula is C16H23F2N. The topological polar surface area (TPSA) is 12.0 Å². The Bertz CT molecular complexity index is 448. The first-order valence-corrected chi connectivity index (χ1v) is 7.02. The molecule has 1 aliphatic heterocycles. The molecule has 1 heterocycles. The number of hydrogen-bond acceptors (Lipinski definition) is 1. The van der Waals surface area contributed by atoms with E-state index in [1.807, 2.05) is 33.8 Å². The first-order valence-electron chi connectivity index (χ1n) is 7.02. The van der Waals surface area contributed by atoms with Gasteiger partial charge in [-0.05, 0) is 69.3 Å². The minimum absolute atomic E-state index is 0.0466. The number of alkyl halides is 2. The molecule has 0 amide bonds. The van der Waals surface area contributed by atoms with E-state index in [-0.39, 0.29) is 18.0 Å². The molecule has 1 fully saturated rings. The van der Waals surface area contributed by atoms with Crippen LogP contribution in [0.2, 0.25) is 0 Å². The van der Waals surface area contributed by atoms with Gasteiger partial charge in [0.1, 0.15) is 0 Å². The summed E-state index contributed by atoms with van der Waals surface area (Å²) in [5.74, 6) is -2.74. The molecule has 19 heavy (non-hydrogen) atoms. The molecule has 0 saturated carbocycles. The van der Waals surface area contributed by atoms with Crippen molar-refractivity contribution in [2.45, 2.75) is 58.9 Å². The average molecular weight is 267 g/mol. The summed E-state index contributed by atoms with van der Waals surface area (Å²) >= 11 is 0. The normalized spacial score (nSPS) is 20.0. The fraction of sp³-hybridized carbons (Fsp3) is 0.625. The molecule has 1 nitrogen and oxygen atoms in total. The summed E-state index contributed by atoms with van der Waals surface area (Å²) < 4.78 is 29.3. The molecule has 106 valence electrons. The van der Waals surface area contributed by atoms with Crippen molar-refractivity contribution in [3.63, 3.8) is 0 Å². The maximum absolute atomic E-state index is 14.6. The van der Waals surface area contributed by atoms with Crippen molar-refractivity contribution in [1.82, 2.24) is 5.32 Å². The zero-order valence-electron chi connectivity index (χ0n) is 12.2. The van der Waals surface area contributed by atoms with Crippen LogP contribution in [0.15, 0.2) is 6.07 Å². The van der Waals surface area contributed by atoms with Crippen LogP contribution in [0.1, 0.15) is 47.1 Å². The molecule has 0 radical (unpaired) electrons. The third-order valence-electron chi connectivity index (χ3n) is 4.40. The molecule has 1 aliphatic rings. The van der Waals surface area contributed by atoms with Crippen LogP contribution >= 0.6 is 0 Å². The van der Waals surface area contributed by atoms with Gasteiger partial charge in [0.05, 0.1) is 0 Å². The SMILES string of the molecule is Cc1cc(C)c(C)c(C(F)(F)CC2CCCN2)c1C. The predicted molar refractivity (Wildman–Crippen MR) is 74.9 cm³/mol. The molecule has 0 bridgehead atoms. The summed E-state index contributed by atoms with van der Waals surface area (Å²) in [7, 11) is 0. The number of nitrogens with one attached hydrogen (secondary N) is 1. The second-order valence-corrected chi connectivity index (χ2v) is 5.84. The number of hydrogen-bond donors (Lipinski definition) is 1. The third kappa shape index (κ3) is 2.81. The molecule has 1 aromatic carbocycles. The van der Waals surface area contributed by atoms with Crippen molar-refractivity contribution in [3.05, 3.63) is 33.9 Å². The van der Waals surface area contributed by atoms with E-state index in [1.165, 1.54) is 0 Å². The average Bonchev–Trinajstić information content (AvgIpc) is 2.78. The highest BCUT2D eigenvalue weighted by molar-refractivity contribution is 5.46. The van der Waals surface area contributed by atoms with Crippen LogP contribution in [0.4, 0.5) is 8.78 Å². The lowest BCUT2D eigenvalue weighted by Crippen LogP contribution is -2.30. The fourth-order valence-electron chi connectivity index (χ4n) is 3.11. The van der Waals surface area contributed by atoms with E-state index >= 15 is 0 Å². The highest BCUT2D eigenvalue weighted by atomic mass is 19.3. The highest BCUT2D eigenvalue weighted by Crippen LogP contribution is 2.40. The van der Waals surface area contributed by atoms with E-state index in [1.54, 1.807) is 0 Å². The lowest BCUT2D eigenvalue weighted by molar-refractivity contribution is -0.0225. The van der Waals surface area contributed by atoms with Crippen LogP contribution < -0.4 is 5.32 Å². The van der Waals surface area contributed by atoms with E-state index in [0.29, 0.717) is 0 Å². The third-order valence-corrected chi connectivity index (χ3v) is 4.40. The van der Waals surface area contributed by atoms with E-state index in [2.05, 4.69) is 5.32 Å². The van der Waals surface area contributed by atoms with Crippen LogP contribution in [0.5, 0.6) is 0 Å². The largest absolute Gasteiger partial charge is 0.314 e. The zero-order chi connectivity index (χ0) is 14.2. The molecule has 0 spiro atoms. The Hall–Kier alpha value is -0.960. The van der Waals surface area contributed by atoms with Crippen LogP contribution in [-0.4, -0.2) is 12.6 Å². The van der Waals surface area contributed by atoms with Crippen molar-refractivity contribution in [3.8, 4) is 0 Å². The fourth-order valence-corrected chi connectivity index (χ4v) is 3.11. The number of benzene rings is 1. The Morgan fingerprint density at radius 1 is 1.16 bits per heavy atom. The molecule has 0 aliphatic carbocycles. The molecule has 1 saturated heterocycles. The van der Waals surface area contributed by atoms with Crippen LogP contribution in [0.25, 0.3) is 0 Å². The highest BCUT2D eigenvalue weighted by Gasteiger charge is 2.38. The van der Waals surface area contributed by atoms with E-state index in [9.17, 15) is 8.78 Å². The van der Waals surface area contributed by atoms with Crippen molar-refractivity contribution in [1.29, 1.82) is 0 Å². The number of aryl methyl sites for hydroxylation is 2. The Morgan fingerprint density at radius 2 is 1.74 bits per heavy atom. The standard InChI is InChI=1S/C16H23F2N/c1-10-8-11(2)13(4)15(12(10)3)16(17,18)9-14-6-5-7-19-14/h8,14,19H,5-7,9H2,1-4H3. The maximum atomic E-state index is 14.6. The summed E-state index contributed by atoms with van der Waals surface area (Å²) in [4.78, 5) is 0. The second-order valence-electron chi connectivity index (χ2n) is 5.84. The minimum atomic E-state index is -2.74. The molecule has 1 unspecified atom stereocenters. The summed E-state index contributed by atoms with van der Waals surface area (Å²) in [6, 6.07) is 1.95. The lowest BCUT2D eigenvalue weighted by atomic mass is 9.88. The van der Waals surface area contributed by atoms with Gasteiger partial charge in [0.2, 0.25) is 0 Å². The zero-order valence-corrected chi connectivity index (χ0v) is 12.2. The van der Waals surface area contributed by atoms with Crippen molar-refractivity contribution in [2.75, 3.05) is 6.54 Å². The van der Waals surface area contributed by atoms with Crippen molar-refractivity contribution < 1.29 is 8.78 Å². The van der Waals surface area contributed by atoms with Crippen LogP contribution in [-0.2, 0) is 5.92 Å². The smallest absolute Gasteiger partial charge is 0.275 e. The van der Waals surface area contributed by atoms with Gasteiger partial charge in [-0.25, -0.2) is 8.78 Å². The first kappa shape index (κ1) is 14.4. The van der Waals surface area contributed by atoms with Crippen LogP contribution in [0.3, 0.4) is 0 Å². The Morgan fingerprint density at radius 3 is 2.21 bits per heavy atom. The Balaban J connectivity index is 2.38. The molecule has 2 rings (SSSR count). The van der Waals surface area contributed by atoms with Crippen LogP contribution in [0, 0.1) is 27.7 Å². The van der Waals surface area contributed by atoms with E-state index < -0.39 is 5.92 Å². The summed E-state index contributed by atoms with van der Waals surface area (Å²) in [5, 5.41) is 3.17. The van der Waals surface area contributed by atoms with Crippen molar-refractivity contribution >= 4 is 0 Å². The molecule has 1 aromatic rings. The van der Waals surface area contributed by atoms with Gasteiger partial charge in [0.15, 0.2) is 0 Å². The molecule has 1 atom stereocenters. The molecule has 3 heteroatoms. The monoisotopic (exact) mass is 267 g/mol. The molecule has 1 N–H and O–H groups in total. The maximum Gasteiger partial charge on any atom is 0.275 e. The summed E-state index contributed by atoms with van der Waals surface area (Å²) in [5.41, 5.74) is 3.64. The Kier molecular flexibility index (Phi) is 3.95. The number of rotatable bonds is 3. The van der Waals surface area contributed by atoms with E-state index in [0.717, 1.165) is 41.6 Å². The predicted octanol–water partition coefficient (Wildman–Crippen LogP) is 4.15. The van der Waals surface area contributed by atoms with Gasteiger partial charge in [0.25, 0.3) is 5.92 Å². The minimum Gasteiger partial charge on any atom is -0.314 e. The summed E-state index contributed by atoms with van der Waals surface area (Å²) in [6.07, 6.45) is 1.78. The quantitative estimate of drug-likeness (QED) is 0.867. The van der Waals surface area contributed by atoms with Gasteiger partial charge >= 0.3 is 0 Å². The van der Waals surface area contributed by atoms with Gasteiger partial charge in [-0.15, -0.1) is 0 Å². The number of halogens is 2. The lowest BCUT2D eigenvalue weighted by Gasteiger charge is -2.26. The van der Waals surface area contributed by atoms with Gasteiger partial charge in [-0.3, -0.25) is 0 Å². The van der Waals surface area contributed by atoms with Crippen molar-refractivity contribution in [2.24, 2.45) is 0 Å². The molecule has 0 aromatic heterocycles. The van der Waals surface area contributed by atoms with Gasteiger partial charge in [-0.2, -0.15) is 0 Å². The molecular weight excluding hydrogens is 244 g/mol. The van der Waals surface area contributed by atoms with Gasteiger partial charge in [-0.1, -0.05) is 6.07 Å². The Labute approximate surface area is 114 Å².